The topological polar surface area (TPSA) is 80.2 Å². The Morgan fingerprint density at radius 1 is 1.00 bits per heavy atom. The van der Waals surface area contributed by atoms with Crippen molar-refractivity contribution in [1.29, 1.82) is 0 Å². The number of benzene rings is 2. The summed E-state index contributed by atoms with van der Waals surface area (Å²) in [4.78, 5) is 23.4. The number of hydrogen-bond acceptors (Lipinski definition) is 6. The Labute approximate surface area is 191 Å². The summed E-state index contributed by atoms with van der Waals surface area (Å²) in [6.07, 6.45) is 4.23. The molecule has 0 bridgehead atoms. The number of fused-ring (bicyclic) bond motifs is 1. The largest absolute Gasteiger partial charge is 0.283 e. The van der Waals surface area contributed by atoms with Crippen molar-refractivity contribution in [3.05, 3.63) is 89.7 Å². The molecule has 164 valence electrons. The molecule has 0 aliphatic carbocycles. The van der Waals surface area contributed by atoms with E-state index in [9.17, 15) is 13.2 Å². The van der Waals surface area contributed by atoms with Gasteiger partial charge in [-0.1, -0.05) is 60.7 Å². The molecule has 2 heterocycles. The van der Waals surface area contributed by atoms with Gasteiger partial charge in [0.2, 0.25) is 5.91 Å². The lowest BCUT2D eigenvalue weighted by Gasteiger charge is -2.20. The number of hydrogen-bond donors (Lipinski definition) is 0. The number of carbonyl (C=O) groups excluding carboxylic acids is 1. The second kappa shape index (κ2) is 9.58. The van der Waals surface area contributed by atoms with E-state index >= 15 is 0 Å². The maximum absolute atomic E-state index is 13.2. The fraction of sp³-hybridized carbons (Fsp3) is 0.208. The lowest BCUT2D eigenvalue weighted by molar-refractivity contribution is -0.116. The van der Waals surface area contributed by atoms with Gasteiger partial charge in [-0.15, -0.1) is 0 Å². The van der Waals surface area contributed by atoms with Gasteiger partial charge in [0.05, 0.1) is 22.5 Å². The first-order valence-electron chi connectivity index (χ1n) is 10.3. The van der Waals surface area contributed by atoms with Crippen molar-refractivity contribution < 1.29 is 13.2 Å². The zero-order valence-corrected chi connectivity index (χ0v) is 19.3. The molecular formula is C24H23N3O3S2. The van der Waals surface area contributed by atoms with Crippen molar-refractivity contribution >= 4 is 42.4 Å². The normalized spacial score (nSPS) is 11.5. The van der Waals surface area contributed by atoms with Gasteiger partial charge in [-0.25, -0.2) is 13.4 Å². The highest BCUT2D eigenvalue weighted by Crippen LogP contribution is 2.31. The first-order valence-corrected chi connectivity index (χ1v) is 12.9. The molecule has 0 saturated carbocycles. The smallest absolute Gasteiger partial charge is 0.244 e. The summed E-state index contributed by atoms with van der Waals surface area (Å²) in [5.74, 6) is -1.27. The lowest BCUT2D eigenvalue weighted by atomic mass is 10.2. The van der Waals surface area contributed by atoms with Gasteiger partial charge in [0.1, 0.15) is 5.75 Å². The number of sulfone groups is 1. The average molecular weight is 466 g/mol. The van der Waals surface area contributed by atoms with Crippen LogP contribution in [0.25, 0.3) is 10.2 Å². The van der Waals surface area contributed by atoms with Crippen molar-refractivity contribution in [1.82, 2.24) is 9.97 Å². The predicted molar refractivity (Wildman–Crippen MR) is 128 cm³/mol. The number of thiazole rings is 1. The highest BCUT2D eigenvalue weighted by Gasteiger charge is 2.26. The number of amides is 1. The molecule has 6 nitrogen and oxygen atoms in total. The van der Waals surface area contributed by atoms with Crippen LogP contribution < -0.4 is 4.90 Å². The fourth-order valence-corrected chi connectivity index (χ4v) is 5.75. The molecule has 0 saturated heterocycles. The fourth-order valence-electron chi connectivity index (χ4n) is 3.37. The maximum atomic E-state index is 13.2. The summed E-state index contributed by atoms with van der Waals surface area (Å²) in [5.41, 5.74) is 3.43. The molecule has 2 aromatic heterocycles. The van der Waals surface area contributed by atoms with Crippen molar-refractivity contribution in [3.8, 4) is 0 Å². The van der Waals surface area contributed by atoms with Gasteiger partial charge in [-0.05, 0) is 41.3 Å². The van der Waals surface area contributed by atoms with Crippen LogP contribution in [0.3, 0.4) is 0 Å². The molecular weight excluding hydrogens is 442 g/mol. The summed E-state index contributed by atoms with van der Waals surface area (Å²) in [5, 5.41) is 0.483. The molecule has 8 heteroatoms. The zero-order valence-electron chi connectivity index (χ0n) is 17.6. The Morgan fingerprint density at radius 2 is 1.78 bits per heavy atom. The molecule has 0 aliphatic rings. The highest BCUT2D eigenvalue weighted by atomic mass is 32.2. The first-order chi connectivity index (χ1) is 15.4. The standard InChI is InChI=1S/C24H23N3O3S2/c1-2-18-10-11-21-22(13-18)31-24(26-21)27(15-20-9-6-12-25-14-20)23(28)17-32(29,30)16-19-7-4-3-5-8-19/h3-14H,2,15-17H2,1H3. The number of pyridine rings is 1. The first kappa shape index (κ1) is 22.1. The van der Waals surface area contributed by atoms with Crippen LogP contribution in [0, 0.1) is 0 Å². The second-order valence-corrected chi connectivity index (χ2v) is 10.6. The van der Waals surface area contributed by atoms with Crippen LogP contribution in [-0.2, 0) is 33.4 Å². The minimum Gasteiger partial charge on any atom is -0.283 e. The summed E-state index contributed by atoms with van der Waals surface area (Å²) in [7, 11) is -3.65. The minimum atomic E-state index is -3.65. The van der Waals surface area contributed by atoms with E-state index in [2.05, 4.69) is 23.0 Å². The van der Waals surface area contributed by atoms with Crippen LogP contribution >= 0.6 is 11.3 Å². The Kier molecular flexibility index (Phi) is 6.62. The van der Waals surface area contributed by atoms with Gasteiger partial charge in [0, 0.05) is 12.4 Å². The van der Waals surface area contributed by atoms with E-state index in [1.54, 1.807) is 42.7 Å². The van der Waals surface area contributed by atoms with Gasteiger partial charge in [0.15, 0.2) is 15.0 Å². The van der Waals surface area contributed by atoms with E-state index < -0.39 is 21.5 Å². The van der Waals surface area contributed by atoms with Gasteiger partial charge in [-0.2, -0.15) is 0 Å². The number of aryl methyl sites for hydroxylation is 1. The quantitative estimate of drug-likeness (QED) is 0.385. The van der Waals surface area contributed by atoms with E-state index in [4.69, 9.17) is 0 Å². The summed E-state index contributed by atoms with van der Waals surface area (Å²) < 4.78 is 26.5. The van der Waals surface area contributed by atoms with Crippen LogP contribution in [-0.4, -0.2) is 30.0 Å². The Bertz CT molecular complexity index is 1320. The van der Waals surface area contributed by atoms with Crippen LogP contribution in [0.4, 0.5) is 5.13 Å². The molecule has 32 heavy (non-hydrogen) atoms. The van der Waals surface area contributed by atoms with Crippen LogP contribution in [0.2, 0.25) is 0 Å². The predicted octanol–water partition coefficient (Wildman–Crippen LogP) is 4.40. The van der Waals surface area contributed by atoms with E-state index in [-0.39, 0.29) is 12.3 Å². The highest BCUT2D eigenvalue weighted by molar-refractivity contribution is 7.91. The van der Waals surface area contributed by atoms with E-state index in [1.807, 2.05) is 24.3 Å². The molecule has 0 radical (unpaired) electrons. The molecule has 0 atom stereocenters. The Morgan fingerprint density at radius 3 is 2.50 bits per heavy atom. The third-order valence-corrected chi connectivity index (χ3v) is 7.52. The SMILES string of the molecule is CCc1ccc2nc(N(Cc3cccnc3)C(=O)CS(=O)(=O)Cc3ccccc3)sc2c1. The summed E-state index contributed by atoms with van der Waals surface area (Å²) in [6, 6.07) is 18.5. The summed E-state index contributed by atoms with van der Waals surface area (Å²) >= 11 is 1.39. The van der Waals surface area contributed by atoms with Gasteiger partial charge < -0.3 is 0 Å². The third-order valence-electron chi connectivity index (χ3n) is 5.02. The van der Waals surface area contributed by atoms with Crippen molar-refractivity contribution in [2.24, 2.45) is 0 Å². The monoisotopic (exact) mass is 465 g/mol. The number of rotatable bonds is 8. The molecule has 2 aromatic carbocycles. The number of aromatic nitrogens is 2. The van der Waals surface area contributed by atoms with Crippen molar-refractivity contribution in [2.45, 2.75) is 25.6 Å². The third kappa shape index (κ3) is 5.38. The molecule has 0 aliphatic heterocycles. The maximum Gasteiger partial charge on any atom is 0.244 e. The molecule has 0 spiro atoms. The molecule has 0 unspecified atom stereocenters. The Hall–Kier alpha value is -3.10. The van der Waals surface area contributed by atoms with Crippen molar-refractivity contribution in [3.63, 3.8) is 0 Å². The van der Waals surface area contributed by atoms with E-state index in [1.165, 1.54) is 21.8 Å². The van der Waals surface area contributed by atoms with Crippen LogP contribution in [0.5, 0.6) is 0 Å². The second-order valence-electron chi connectivity index (χ2n) is 7.51. The Balaban J connectivity index is 1.64. The lowest BCUT2D eigenvalue weighted by Crippen LogP contribution is -2.35. The van der Waals surface area contributed by atoms with Gasteiger partial charge in [-0.3, -0.25) is 14.7 Å². The van der Waals surface area contributed by atoms with E-state index in [0.29, 0.717) is 10.7 Å². The molecule has 4 rings (SSSR count). The van der Waals surface area contributed by atoms with Gasteiger partial charge in [0.25, 0.3) is 0 Å². The molecule has 0 N–H and O–H groups in total. The number of nitrogens with zero attached hydrogens (tertiary/aromatic N) is 3. The minimum absolute atomic E-state index is 0.181. The zero-order chi connectivity index (χ0) is 22.6. The van der Waals surface area contributed by atoms with Gasteiger partial charge >= 0.3 is 0 Å². The van der Waals surface area contributed by atoms with Crippen LogP contribution in [0.15, 0.2) is 73.1 Å². The molecule has 1 amide bonds. The van der Waals surface area contributed by atoms with E-state index in [0.717, 1.165) is 22.2 Å². The number of carbonyl (C=O) groups is 1. The average Bonchev–Trinajstić information content (AvgIpc) is 3.21. The molecule has 0 fully saturated rings. The van der Waals surface area contributed by atoms with Crippen LogP contribution in [0.1, 0.15) is 23.6 Å². The molecule has 4 aromatic rings. The number of anilines is 1. The van der Waals surface area contributed by atoms with Crippen molar-refractivity contribution in [2.75, 3.05) is 10.7 Å². The summed E-state index contributed by atoms with van der Waals surface area (Å²) in [6.45, 7) is 2.28.